The summed E-state index contributed by atoms with van der Waals surface area (Å²) in [6, 6.07) is 0. The zero-order valence-corrected chi connectivity index (χ0v) is 27.8. The van der Waals surface area contributed by atoms with Crippen LogP contribution in [0.1, 0.15) is 177 Å². The van der Waals surface area contributed by atoms with Gasteiger partial charge < -0.3 is 19.5 Å². The van der Waals surface area contributed by atoms with Gasteiger partial charge in [0.1, 0.15) is 0 Å². The second-order valence-electron chi connectivity index (χ2n) is 13.8. The Morgan fingerprint density at radius 3 is 1.62 bits per heavy atom. The number of esters is 1. The lowest BCUT2D eigenvalue weighted by atomic mass is 9.67. The monoisotopic (exact) mass is 566 g/mol. The molecule has 0 aromatic rings. The van der Waals surface area contributed by atoms with Crippen LogP contribution in [0.15, 0.2) is 0 Å². The van der Waals surface area contributed by atoms with E-state index in [-0.39, 0.29) is 23.0 Å². The SMILES string of the molecule is CCCCCCCCCCCCCCCCCC(=O)OC1(CC)COC2(CC(C)(CC)NC(C)(CC)C2C)OC1. The van der Waals surface area contributed by atoms with Crippen molar-refractivity contribution in [3.05, 3.63) is 0 Å². The fourth-order valence-corrected chi connectivity index (χ4v) is 6.84. The van der Waals surface area contributed by atoms with Gasteiger partial charge in [0.05, 0.1) is 13.2 Å². The van der Waals surface area contributed by atoms with Crippen molar-refractivity contribution >= 4 is 5.97 Å². The summed E-state index contributed by atoms with van der Waals surface area (Å²) in [7, 11) is 0. The number of ether oxygens (including phenoxy) is 3. The fraction of sp³-hybridized carbons (Fsp3) is 0.971. The Morgan fingerprint density at radius 2 is 1.20 bits per heavy atom. The minimum absolute atomic E-state index is 0.0479. The molecule has 0 radical (unpaired) electrons. The van der Waals surface area contributed by atoms with E-state index in [0.717, 1.165) is 32.1 Å². The van der Waals surface area contributed by atoms with Crippen LogP contribution in [0, 0.1) is 5.92 Å². The maximum Gasteiger partial charge on any atom is 0.306 e. The largest absolute Gasteiger partial charge is 0.454 e. The molecule has 1 N–H and O–H groups in total. The van der Waals surface area contributed by atoms with Crippen LogP contribution < -0.4 is 5.32 Å². The van der Waals surface area contributed by atoms with Crippen molar-refractivity contribution in [3.8, 4) is 0 Å². The van der Waals surface area contributed by atoms with E-state index >= 15 is 0 Å². The van der Waals surface area contributed by atoms with Crippen molar-refractivity contribution in [2.24, 2.45) is 5.92 Å². The molecule has 5 nitrogen and oxygen atoms in total. The highest BCUT2D eigenvalue weighted by Gasteiger charge is 2.59. The van der Waals surface area contributed by atoms with Crippen molar-refractivity contribution in [2.75, 3.05) is 13.2 Å². The molecule has 0 bridgehead atoms. The van der Waals surface area contributed by atoms with Gasteiger partial charge in [-0.1, -0.05) is 125 Å². The number of piperidine rings is 1. The summed E-state index contributed by atoms with van der Waals surface area (Å²) in [5.41, 5.74) is -0.791. The van der Waals surface area contributed by atoms with Crippen LogP contribution in [0.4, 0.5) is 0 Å². The van der Waals surface area contributed by atoms with Crippen molar-refractivity contribution in [3.63, 3.8) is 0 Å². The normalized spacial score (nSPS) is 32.4. The molecule has 0 aromatic carbocycles. The van der Waals surface area contributed by atoms with Crippen LogP contribution in [0.25, 0.3) is 0 Å². The molecule has 236 valence electrons. The van der Waals surface area contributed by atoms with Crippen molar-refractivity contribution in [1.82, 2.24) is 5.32 Å². The second kappa shape index (κ2) is 17.5. The fourth-order valence-electron chi connectivity index (χ4n) is 6.84. The first-order valence-electron chi connectivity index (χ1n) is 17.4. The molecule has 40 heavy (non-hydrogen) atoms. The van der Waals surface area contributed by atoms with Crippen LogP contribution in [0.3, 0.4) is 0 Å². The second-order valence-corrected chi connectivity index (χ2v) is 13.8. The molecule has 0 aliphatic carbocycles. The van der Waals surface area contributed by atoms with Crippen LogP contribution >= 0.6 is 0 Å². The third-order valence-electron chi connectivity index (χ3n) is 10.5. The highest BCUT2D eigenvalue weighted by molar-refractivity contribution is 5.69. The van der Waals surface area contributed by atoms with Gasteiger partial charge in [0.2, 0.25) is 0 Å². The Hall–Kier alpha value is -0.650. The van der Waals surface area contributed by atoms with Gasteiger partial charge in [0, 0.05) is 29.8 Å². The first-order valence-corrected chi connectivity index (χ1v) is 17.4. The lowest BCUT2D eigenvalue weighted by Gasteiger charge is -2.60. The van der Waals surface area contributed by atoms with Crippen LogP contribution in [0.2, 0.25) is 0 Å². The van der Waals surface area contributed by atoms with Crippen LogP contribution in [-0.4, -0.2) is 41.6 Å². The molecule has 2 aliphatic rings. The predicted molar refractivity (Wildman–Crippen MR) is 168 cm³/mol. The number of carbonyl (C=O) groups excluding carboxylic acids is 1. The first kappa shape index (κ1) is 35.5. The molecule has 2 saturated heterocycles. The predicted octanol–water partition coefficient (Wildman–Crippen LogP) is 9.65. The average molecular weight is 566 g/mol. The number of nitrogens with one attached hydrogen (secondary N) is 1. The molecule has 3 atom stereocenters. The summed E-state index contributed by atoms with van der Waals surface area (Å²) in [5.74, 6) is -0.551. The minimum Gasteiger partial charge on any atom is -0.454 e. The van der Waals surface area contributed by atoms with E-state index in [1.807, 2.05) is 0 Å². The number of unbranched alkanes of at least 4 members (excludes halogenated alkanes) is 14. The highest BCUT2D eigenvalue weighted by Crippen LogP contribution is 2.48. The topological polar surface area (TPSA) is 56.8 Å². The molecule has 0 amide bonds. The van der Waals surface area contributed by atoms with E-state index in [0.29, 0.717) is 26.1 Å². The Labute approximate surface area is 248 Å². The smallest absolute Gasteiger partial charge is 0.306 e. The van der Waals surface area contributed by atoms with Gasteiger partial charge in [0.15, 0.2) is 11.4 Å². The van der Waals surface area contributed by atoms with Gasteiger partial charge >= 0.3 is 5.97 Å². The van der Waals surface area contributed by atoms with Gasteiger partial charge in [0.25, 0.3) is 0 Å². The molecule has 2 fully saturated rings. The molecule has 2 heterocycles. The van der Waals surface area contributed by atoms with E-state index in [4.69, 9.17) is 14.2 Å². The standard InChI is InChI=1S/C35H67NO4/c1-8-12-13-14-15-16-17-18-19-20-21-22-23-24-25-26-31(37)40-34(11-4)28-38-35(39-29-34)27-32(6,9-2)36-33(7,10-3)30(35)5/h30,36H,8-29H2,1-7H3. The van der Waals surface area contributed by atoms with E-state index in [2.05, 4.69) is 53.8 Å². The summed E-state index contributed by atoms with van der Waals surface area (Å²) in [6.07, 6.45) is 23.9. The lowest BCUT2D eigenvalue weighted by Crippen LogP contribution is -2.73. The van der Waals surface area contributed by atoms with E-state index in [1.54, 1.807) is 0 Å². The minimum atomic E-state index is -0.673. The highest BCUT2D eigenvalue weighted by atomic mass is 16.7. The summed E-state index contributed by atoms with van der Waals surface area (Å²) >= 11 is 0. The molecule has 1 spiro atoms. The van der Waals surface area contributed by atoms with E-state index in [1.165, 1.54) is 83.5 Å². The Balaban J connectivity index is 1.63. The van der Waals surface area contributed by atoms with Crippen molar-refractivity contribution < 1.29 is 19.0 Å². The summed E-state index contributed by atoms with van der Waals surface area (Å²) in [4.78, 5) is 12.8. The molecule has 0 saturated carbocycles. The third kappa shape index (κ3) is 10.6. The first-order chi connectivity index (χ1) is 19.1. The van der Waals surface area contributed by atoms with Crippen molar-refractivity contribution in [1.29, 1.82) is 0 Å². The molecular weight excluding hydrogens is 498 g/mol. The molecular formula is C35H67NO4. The molecule has 5 heteroatoms. The van der Waals surface area contributed by atoms with Crippen LogP contribution in [0.5, 0.6) is 0 Å². The number of hydrogen-bond acceptors (Lipinski definition) is 5. The zero-order chi connectivity index (χ0) is 29.5. The molecule has 3 unspecified atom stereocenters. The van der Waals surface area contributed by atoms with Gasteiger partial charge in [-0.3, -0.25) is 4.79 Å². The maximum atomic E-state index is 12.8. The molecule has 2 rings (SSSR count). The van der Waals surface area contributed by atoms with Gasteiger partial charge in [-0.15, -0.1) is 0 Å². The number of rotatable bonds is 20. The van der Waals surface area contributed by atoms with Crippen LogP contribution in [-0.2, 0) is 19.0 Å². The molecule has 0 aromatic heterocycles. The van der Waals surface area contributed by atoms with Gasteiger partial charge in [-0.25, -0.2) is 0 Å². The number of hydrogen-bond donors (Lipinski definition) is 1. The lowest BCUT2D eigenvalue weighted by molar-refractivity contribution is -0.362. The van der Waals surface area contributed by atoms with Gasteiger partial charge in [-0.2, -0.15) is 0 Å². The summed E-state index contributed by atoms with van der Waals surface area (Å²) < 4.78 is 19.3. The molecule has 2 aliphatic heterocycles. The van der Waals surface area contributed by atoms with Gasteiger partial charge in [-0.05, 0) is 39.5 Å². The Kier molecular flexibility index (Phi) is 15.5. The zero-order valence-electron chi connectivity index (χ0n) is 27.8. The average Bonchev–Trinajstić information content (AvgIpc) is 2.95. The van der Waals surface area contributed by atoms with Crippen molar-refractivity contribution in [2.45, 2.75) is 199 Å². The Bertz CT molecular complexity index is 704. The summed E-state index contributed by atoms with van der Waals surface area (Å²) in [5, 5.41) is 3.91. The number of carbonyl (C=O) groups is 1. The summed E-state index contributed by atoms with van der Waals surface area (Å²) in [6.45, 7) is 16.5. The maximum absolute atomic E-state index is 12.8. The third-order valence-corrected chi connectivity index (χ3v) is 10.5. The van der Waals surface area contributed by atoms with E-state index in [9.17, 15) is 4.79 Å². The quantitative estimate of drug-likeness (QED) is 0.118. The Morgan fingerprint density at radius 1 is 0.725 bits per heavy atom. The van der Waals surface area contributed by atoms with E-state index < -0.39 is 11.4 Å².